The molecule has 1 heterocycles. The maximum atomic E-state index is 12.0. The molecule has 2 aliphatic carbocycles. The highest BCUT2D eigenvalue weighted by atomic mass is 16.6. The molecule has 1 saturated carbocycles. The summed E-state index contributed by atoms with van der Waals surface area (Å²) in [5.41, 5.74) is 5.93. The summed E-state index contributed by atoms with van der Waals surface area (Å²) in [6.45, 7) is 10.1. The van der Waals surface area contributed by atoms with E-state index in [2.05, 4.69) is 61.2 Å². The molecular weight excluding hydrogens is 448 g/mol. The van der Waals surface area contributed by atoms with Crippen LogP contribution in [-0.2, 0) is 11.8 Å². The number of hydrogen-bond acceptors (Lipinski definition) is 5. The first-order chi connectivity index (χ1) is 17.2. The van der Waals surface area contributed by atoms with Crippen LogP contribution in [-0.4, -0.2) is 21.4 Å². The average molecular weight is 485 g/mol. The number of hydrogen-bond donors (Lipinski definition) is 1. The number of nitro groups is 1. The maximum Gasteiger partial charge on any atom is 0.293 e. The number of anilines is 1. The summed E-state index contributed by atoms with van der Waals surface area (Å²) in [6.07, 6.45) is 9.06. The van der Waals surface area contributed by atoms with Gasteiger partial charge in [0.05, 0.1) is 4.92 Å². The fourth-order valence-electron chi connectivity index (χ4n) is 6.93. The van der Waals surface area contributed by atoms with Crippen molar-refractivity contribution in [3.63, 3.8) is 0 Å². The van der Waals surface area contributed by atoms with Crippen LogP contribution in [0.4, 0.5) is 11.4 Å². The van der Waals surface area contributed by atoms with E-state index in [1.54, 1.807) is 30.6 Å². The minimum atomic E-state index is -0.314. The number of aromatic nitrogens is 2. The minimum Gasteiger partial charge on any atom is -0.379 e. The van der Waals surface area contributed by atoms with Gasteiger partial charge in [-0.2, -0.15) is 0 Å². The molecule has 2 aromatic carbocycles. The number of rotatable bonds is 6. The molecule has 0 saturated heterocycles. The van der Waals surface area contributed by atoms with Crippen molar-refractivity contribution in [2.45, 2.75) is 71.1 Å². The standard InChI is InChI=1S/C30H36N4O2/c1-20(2)21-7-10-24-22(17-21)9-12-27-29(3,13-5-14-30(24,27)4)19-33-25-11-8-23(18-26(25)34(35)36)28-31-15-6-16-32-28/h6-8,10-11,15-18,20,27,33H,5,9,12-14,19H2,1-4H3/t27-,29+,30+/m0/s1. The van der Waals surface area contributed by atoms with Gasteiger partial charge in [-0.15, -0.1) is 0 Å². The zero-order chi connectivity index (χ0) is 25.5. The Balaban J connectivity index is 1.41. The van der Waals surface area contributed by atoms with Gasteiger partial charge in [0.25, 0.3) is 5.69 Å². The van der Waals surface area contributed by atoms with E-state index < -0.39 is 0 Å². The molecule has 6 heteroatoms. The van der Waals surface area contributed by atoms with Crippen LogP contribution in [0.1, 0.15) is 76.0 Å². The molecule has 5 rings (SSSR count). The molecule has 3 atom stereocenters. The van der Waals surface area contributed by atoms with Gasteiger partial charge in [0.2, 0.25) is 0 Å². The third-order valence-corrected chi connectivity index (χ3v) is 8.87. The minimum absolute atomic E-state index is 0.0521. The fraction of sp³-hybridized carbons (Fsp3) is 0.467. The molecule has 6 nitrogen and oxygen atoms in total. The van der Waals surface area contributed by atoms with Crippen LogP contribution in [0.15, 0.2) is 54.9 Å². The maximum absolute atomic E-state index is 12.0. The number of nitrogens with one attached hydrogen (secondary N) is 1. The molecule has 0 bridgehead atoms. The highest BCUT2D eigenvalue weighted by molar-refractivity contribution is 5.70. The van der Waals surface area contributed by atoms with E-state index in [0.29, 0.717) is 35.5 Å². The summed E-state index contributed by atoms with van der Waals surface area (Å²) in [7, 11) is 0. The Morgan fingerprint density at radius 2 is 1.89 bits per heavy atom. The van der Waals surface area contributed by atoms with Crippen LogP contribution in [0.25, 0.3) is 11.4 Å². The van der Waals surface area contributed by atoms with Gasteiger partial charge < -0.3 is 5.32 Å². The van der Waals surface area contributed by atoms with E-state index in [0.717, 1.165) is 19.3 Å². The first-order valence-corrected chi connectivity index (χ1v) is 13.1. The average Bonchev–Trinajstić information content (AvgIpc) is 2.87. The van der Waals surface area contributed by atoms with Gasteiger partial charge in [0, 0.05) is 30.6 Å². The van der Waals surface area contributed by atoms with Crippen molar-refractivity contribution >= 4 is 11.4 Å². The largest absolute Gasteiger partial charge is 0.379 e. The van der Waals surface area contributed by atoms with Gasteiger partial charge in [-0.05, 0) is 83.2 Å². The van der Waals surface area contributed by atoms with Crippen LogP contribution in [0.3, 0.4) is 0 Å². The van der Waals surface area contributed by atoms with E-state index in [9.17, 15) is 10.1 Å². The van der Waals surface area contributed by atoms with E-state index in [-0.39, 0.29) is 21.4 Å². The van der Waals surface area contributed by atoms with Crippen molar-refractivity contribution < 1.29 is 4.92 Å². The van der Waals surface area contributed by atoms with Crippen molar-refractivity contribution in [3.05, 3.63) is 81.7 Å². The molecule has 1 fully saturated rings. The molecule has 1 aromatic heterocycles. The van der Waals surface area contributed by atoms with E-state index in [1.807, 2.05) is 6.07 Å². The third-order valence-electron chi connectivity index (χ3n) is 8.87. The SMILES string of the molecule is CC(C)c1ccc2c(c1)CC[C@H]1[C@@](C)(CNc3ccc(-c4ncccn4)cc3[N+](=O)[O-])CCC[C@]21C. The summed E-state index contributed by atoms with van der Waals surface area (Å²) in [6, 6.07) is 14.1. The number of benzene rings is 2. The Morgan fingerprint density at radius 1 is 1.11 bits per heavy atom. The molecule has 0 radical (unpaired) electrons. The van der Waals surface area contributed by atoms with Gasteiger partial charge in [-0.1, -0.05) is 52.3 Å². The topological polar surface area (TPSA) is 81.0 Å². The summed E-state index contributed by atoms with van der Waals surface area (Å²) in [5, 5.41) is 15.5. The smallest absolute Gasteiger partial charge is 0.293 e. The summed E-state index contributed by atoms with van der Waals surface area (Å²) in [5.74, 6) is 1.56. The first kappa shape index (κ1) is 24.4. The third kappa shape index (κ3) is 4.27. The second kappa shape index (κ2) is 9.30. The Morgan fingerprint density at radius 3 is 2.61 bits per heavy atom. The molecule has 36 heavy (non-hydrogen) atoms. The van der Waals surface area contributed by atoms with Crippen molar-refractivity contribution in [1.29, 1.82) is 0 Å². The van der Waals surface area contributed by atoms with E-state index >= 15 is 0 Å². The highest BCUT2D eigenvalue weighted by Crippen LogP contribution is 2.57. The number of nitro benzene ring substituents is 1. The lowest BCUT2D eigenvalue weighted by Gasteiger charge is -2.55. The van der Waals surface area contributed by atoms with Gasteiger partial charge in [0.1, 0.15) is 5.69 Å². The lowest BCUT2D eigenvalue weighted by molar-refractivity contribution is -0.383. The zero-order valence-electron chi connectivity index (χ0n) is 21.8. The molecule has 188 valence electrons. The molecule has 2 aliphatic rings. The Hall–Kier alpha value is -3.28. The van der Waals surface area contributed by atoms with Crippen molar-refractivity contribution in [2.75, 3.05) is 11.9 Å². The summed E-state index contributed by atoms with van der Waals surface area (Å²) >= 11 is 0. The van der Waals surface area contributed by atoms with Crippen LogP contribution < -0.4 is 5.32 Å². The molecule has 1 N–H and O–H groups in total. The van der Waals surface area contributed by atoms with Gasteiger partial charge in [-0.3, -0.25) is 10.1 Å². The molecule has 0 aliphatic heterocycles. The second-order valence-electron chi connectivity index (χ2n) is 11.5. The van der Waals surface area contributed by atoms with Crippen molar-refractivity contribution in [3.8, 4) is 11.4 Å². The fourth-order valence-corrected chi connectivity index (χ4v) is 6.93. The van der Waals surface area contributed by atoms with Crippen LogP contribution >= 0.6 is 0 Å². The molecule has 3 aromatic rings. The van der Waals surface area contributed by atoms with Gasteiger partial charge in [0.15, 0.2) is 5.82 Å². The lowest BCUT2D eigenvalue weighted by Crippen LogP contribution is -2.51. The first-order valence-electron chi connectivity index (χ1n) is 13.1. The van der Waals surface area contributed by atoms with Crippen LogP contribution in [0.2, 0.25) is 0 Å². The summed E-state index contributed by atoms with van der Waals surface area (Å²) in [4.78, 5) is 20.1. The highest BCUT2D eigenvalue weighted by Gasteiger charge is 2.51. The number of nitrogens with zero attached hydrogens (tertiary/aromatic N) is 3. The quantitative estimate of drug-likeness (QED) is 0.293. The predicted molar refractivity (Wildman–Crippen MR) is 144 cm³/mol. The number of fused-ring (bicyclic) bond motifs is 3. The molecule has 0 spiro atoms. The molecule has 0 amide bonds. The lowest BCUT2D eigenvalue weighted by atomic mass is 9.49. The summed E-state index contributed by atoms with van der Waals surface area (Å²) < 4.78 is 0. The Kier molecular flexibility index (Phi) is 6.31. The van der Waals surface area contributed by atoms with Crippen LogP contribution in [0.5, 0.6) is 0 Å². The van der Waals surface area contributed by atoms with Gasteiger partial charge in [-0.25, -0.2) is 9.97 Å². The predicted octanol–water partition coefficient (Wildman–Crippen LogP) is 7.30. The van der Waals surface area contributed by atoms with E-state index in [4.69, 9.17) is 0 Å². The van der Waals surface area contributed by atoms with E-state index in [1.165, 1.54) is 29.5 Å². The van der Waals surface area contributed by atoms with Gasteiger partial charge >= 0.3 is 0 Å². The number of aryl methyl sites for hydroxylation is 1. The molecular formula is C30H36N4O2. The zero-order valence-corrected chi connectivity index (χ0v) is 21.8. The molecule has 0 unspecified atom stereocenters. The second-order valence-corrected chi connectivity index (χ2v) is 11.5. The van der Waals surface area contributed by atoms with Crippen LogP contribution in [0, 0.1) is 21.4 Å². The Bertz CT molecular complexity index is 1280. The Labute approximate surface area is 213 Å². The monoisotopic (exact) mass is 484 g/mol. The normalized spacial score (nSPS) is 25.2. The van der Waals surface area contributed by atoms with Crippen molar-refractivity contribution in [2.24, 2.45) is 11.3 Å². The van der Waals surface area contributed by atoms with Crippen molar-refractivity contribution in [1.82, 2.24) is 9.97 Å².